The molecule has 1 unspecified atom stereocenters. The summed E-state index contributed by atoms with van der Waals surface area (Å²) in [4.78, 5) is 11.8. The molecule has 1 aliphatic rings. The van der Waals surface area contributed by atoms with E-state index in [-0.39, 0.29) is 11.9 Å². The SMILES string of the molecule is NCc1cccc(NC(=O)C2CCCN2)c1. The van der Waals surface area contributed by atoms with E-state index in [9.17, 15) is 4.79 Å². The Kier molecular flexibility index (Phi) is 3.54. The van der Waals surface area contributed by atoms with E-state index >= 15 is 0 Å². The number of carbonyl (C=O) groups is 1. The summed E-state index contributed by atoms with van der Waals surface area (Å²) >= 11 is 0. The maximum absolute atomic E-state index is 11.8. The van der Waals surface area contributed by atoms with Crippen molar-refractivity contribution in [1.29, 1.82) is 0 Å². The van der Waals surface area contributed by atoms with Crippen LogP contribution in [0.3, 0.4) is 0 Å². The summed E-state index contributed by atoms with van der Waals surface area (Å²) in [5.41, 5.74) is 7.39. The molecule has 0 aliphatic carbocycles. The number of rotatable bonds is 3. The third-order valence-corrected chi connectivity index (χ3v) is 2.81. The topological polar surface area (TPSA) is 67.1 Å². The van der Waals surface area contributed by atoms with Crippen LogP contribution in [0.25, 0.3) is 0 Å². The summed E-state index contributed by atoms with van der Waals surface area (Å²) in [6.45, 7) is 1.42. The monoisotopic (exact) mass is 219 g/mol. The molecule has 1 aliphatic heterocycles. The fourth-order valence-electron chi connectivity index (χ4n) is 1.91. The molecule has 4 heteroatoms. The molecule has 2 rings (SSSR count). The number of amides is 1. The second kappa shape index (κ2) is 5.09. The molecule has 4 N–H and O–H groups in total. The summed E-state index contributed by atoms with van der Waals surface area (Å²) in [6.07, 6.45) is 1.99. The van der Waals surface area contributed by atoms with Gasteiger partial charge >= 0.3 is 0 Å². The molecule has 1 heterocycles. The minimum absolute atomic E-state index is 0.0402. The lowest BCUT2D eigenvalue weighted by Crippen LogP contribution is -2.35. The first-order chi connectivity index (χ1) is 7.79. The van der Waals surface area contributed by atoms with Crippen molar-refractivity contribution in [3.05, 3.63) is 29.8 Å². The Morgan fingerprint density at radius 3 is 3.12 bits per heavy atom. The smallest absolute Gasteiger partial charge is 0.241 e. The van der Waals surface area contributed by atoms with Gasteiger partial charge in [-0.1, -0.05) is 12.1 Å². The van der Waals surface area contributed by atoms with Crippen LogP contribution >= 0.6 is 0 Å². The standard InChI is InChI=1S/C12H17N3O/c13-8-9-3-1-4-10(7-9)15-12(16)11-5-2-6-14-11/h1,3-4,7,11,14H,2,5-6,8,13H2,(H,15,16). The van der Waals surface area contributed by atoms with Crippen molar-refractivity contribution in [1.82, 2.24) is 5.32 Å². The number of carbonyl (C=O) groups excluding carboxylic acids is 1. The van der Waals surface area contributed by atoms with Crippen LogP contribution in [0, 0.1) is 0 Å². The van der Waals surface area contributed by atoms with E-state index in [2.05, 4.69) is 10.6 Å². The van der Waals surface area contributed by atoms with E-state index in [0.29, 0.717) is 6.54 Å². The lowest BCUT2D eigenvalue weighted by molar-refractivity contribution is -0.117. The molecule has 1 atom stereocenters. The highest BCUT2D eigenvalue weighted by Crippen LogP contribution is 2.12. The molecule has 4 nitrogen and oxygen atoms in total. The Bertz CT molecular complexity index is 372. The van der Waals surface area contributed by atoms with Crippen LogP contribution in [-0.2, 0) is 11.3 Å². The highest BCUT2D eigenvalue weighted by molar-refractivity contribution is 5.95. The molecule has 1 saturated heterocycles. The zero-order valence-electron chi connectivity index (χ0n) is 9.20. The summed E-state index contributed by atoms with van der Waals surface area (Å²) < 4.78 is 0. The molecule has 0 radical (unpaired) electrons. The highest BCUT2D eigenvalue weighted by Gasteiger charge is 2.21. The van der Waals surface area contributed by atoms with Crippen molar-refractivity contribution >= 4 is 11.6 Å². The molecule has 1 aromatic carbocycles. The van der Waals surface area contributed by atoms with Crippen LogP contribution in [0.4, 0.5) is 5.69 Å². The molecule has 0 spiro atoms. The molecule has 0 saturated carbocycles. The Hall–Kier alpha value is -1.39. The number of benzene rings is 1. The van der Waals surface area contributed by atoms with Gasteiger partial charge in [-0.15, -0.1) is 0 Å². The molecule has 1 aromatic rings. The third kappa shape index (κ3) is 2.59. The van der Waals surface area contributed by atoms with E-state index in [1.807, 2.05) is 24.3 Å². The Balaban J connectivity index is 1.99. The number of nitrogens with one attached hydrogen (secondary N) is 2. The van der Waals surface area contributed by atoms with Gasteiger partial charge in [-0.3, -0.25) is 4.79 Å². The number of hydrogen-bond donors (Lipinski definition) is 3. The number of hydrogen-bond acceptors (Lipinski definition) is 3. The van der Waals surface area contributed by atoms with Crippen LogP contribution in [0.2, 0.25) is 0 Å². The molecule has 0 aromatic heterocycles. The fourth-order valence-corrected chi connectivity index (χ4v) is 1.91. The second-order valence-electron chi connectivity index (χ2n) is 4.04. The lowest BCUT2D eigenvalue weighted by Gasteiger charge is -2.11. The molecule has 86 valence electrons. The largest absolute Gasteiger partial charge is 0.326 e. The molecule has 16 heavy (non-hydrogen) atoms. The van der Waals surface area contributed by atoms with Gasteiger partial charge < -0.3 is 16.4 Å². The van der Waals surface area contributed by atoms with Crippen LogP contribution in [-0.4, -0.2) is 18.5 Å². The Labute approximate surface area is 95.2 Å². The quantitative estimate of drug-likeness (QED) is 0.705. The van der Waals surface area contributed by atoms with Crippen molar-refractivity contribution in [2.24, 2.45) is 5.73 Å². The van der Waals surface area contributed by atoms with Gasteiger partial charge in [-0.05, 0) is 37.1 Å². The van der Waals surface area contributed by atoms with Gasteiger partial charge in [0.15, 0.2) is 0 Å². The van der Waals surface area contributed by atoms with Crippen LogP contribution in [0.15, 0.2) is 24.3 Å². The summed E-state index contributed by atoms with van der Waals surface area (Å²) in [6, 6.07) is 7.60. The van der Waals surface area contributed by atoms with Crippen molar-refractivity contribution in [3.8, 4) is 0 Å². The van der Waals surface area contributed by atoms with E-state index in [1.165, 1.54) is 0 Å². The third-order valence-electron chi connectivity index (χ3n) is 2.81. The fraction of sp³-hybridized carbons (Fsp3) is 0.417. The molecular formula is C12H17N3O. The Morgan fingerprint density at radius 2 is 2.44 bits per heavy atom. The van der Waals surface area contributed by atoms with Crippen molar-refractivity contribution in [2.45, 2.75) is 25.4 Å². The first-order valence-corrected chi connectivity index (χ1v) is 5.63. The second-order valence-corrected chi connectivity index (χ2v) is 4.04. The maximum Gasteiger partial charge on any atom is 0.241 e. The molecule has 1 amide bonds. The molecule has 0 bridgehead atoms. The summed E-state index contributed by atoms with van der Waals surface area (Å²) in [7, 11) is 0. The Morgan fingerprint density at radius 1 is 1.56 bits per heavy atom. The van der Waals surface area contributed by atoms with Gasteiger partial charge in [-0.2, -0.15) is 0 Å². The van der Waals surface area contributed by atoms with Gasteiger partial charge in [0.05, 0.1) is 6.04 Å². The first kappa shape index (κ1) is 11.1. The van der Waals surface area contributed by atoms with Crippen molar-refractivity contribution < 1.29 is 4.79 Å². The average Bonchev–Trinajstić information content (AvgIpc) is 2.83. The van der Waals surface area contributed by atoms with Gasteiger partial charge in [0.25, 0.3) is 0 Å². The van der Waals surface area contributed by atoms with Gasteiger partial charge in [-0.25, -0.2) is 0 Å². The van der Waals surface area contributed by atoms with E-state index in [4.69, 9.17) is 5.73 Å². The first-order valence-electron chi connectivity index (χ1n) is 5.63. The molecule has 1 fully saturated rings. The zero-order valence-corrected chi connectivity index (χ0v) is 9.20. The van der Waals surface area contributed by atoms with Crippen molar-refractivity contribution in [2.75, 3.05) is 11.9 Å². The minimum atomic E-state index is -0.0402. The predicted molar refractivity (Wildman–Crippen MR) is 64.0 cm³/mol. The maximum atomic E-state index is 11.8. The van der Waals surface area contributed by atoms with Crippen LogP contribution < -0.4 is 16.4 Å². The predicted octanol–water partition coefficient (Wildman–Crippen LogP) is 0.836. The van der Waals surface area contributed by atoms with E-state index in [1.54, 1.807) is 0 Å². The number of nitrogens with two attached hydrogens (primary N) is 1. The zero-order chi connectivity index (χ0) is 11.4. The van der Waals surface area contributed by atoms with Crippen LogP contribution in [0.1, 0.15) is 18.4 Å². The molecular weight excluding hydrogens is 202 g/mol. The van der Waals surface area contributed by atoms with Crippen LogP contribution in [0.5, 0.6) is 0 Å². The van der Waals surface area contributed by atoms with Crippen molar-refractivity contribution in [3.63, 3.8) is 0 Å². The van der Waals surface area contributed by atoms with Gasteiger partial charge in [0, 0.05) is 12.2 Å². The summed E-state index contributed by atoms with van der Waals surface area (Å²) in [5, 5.41) is 6.07. The van der Waals surface area contributed by atoms with E-state index in [0.717, 1.165) is 30.6 Å². The summed E-state index contributed by atoms with van der Waals surface area (Å²) in [5.74, 6) is 0.0478. The van der Waals surface area contributed by atoms with E-state index < -0.39 is 0 Å². The average molecular weight is 219 g/mol. The normalized spacial score (nSPS) is 19.7. The lowest BCUT2D eigenvalue weighted by atomic mass is 10.2. The number of anilines is 1. The minimum Gasteiger partial charge on any atom is -0.326 e. The van der Waals surface area contributed by atoms with Gasteiger partial charge in [0.2, 0.25) is 5.91 Å². The highest BCUT2D eigenvalue weighted by atomic mass is 16.2. The van der Waals surface area contributed by atoms with Gasteiger partial charge in [0.1, 0.15) is 0 Å².